The maximum Gasteiger partial charge on any atom is 0.288 e. The molecule has 0 aromatic carbocycles. The third-order valence-corrected chi connectivity index (χ3v) is 4.96. The Bertz CT molecular complexity index is 1050. The third-order valence-electron chi connectivity index (χ3n) is 4.96. The topological polar surface area (TPSA) is 82.4 Å². The molecule has 0 aliphatic carbocycles. The molecule has 1 saturated heterocycles. The number of aryl methyl sites for hydroxylation is 1. The van der Waals surface area contributed by atoms with Gasteiger partial charge in [0.1, 0.15) is 5.82 Å². The lowest BCUT2D eigenvalue weighted by atomic mass is 10.1. The molecule has 3 aromatic rings. The lowest BCUT2D eigenvalue weighted by Gasteiger charge is -2.45. The van der Waals surface area contributed by atoms with Crippen LogP contribution in [-0.4, -0.2) is 50.7 Å². The molecule has 0 bridgehead atoms. The molecule has 9 heteroatoms. The van der Waals surface area contributed by atoms with Crippen molar-refractivity contribution >= 4 is 17.4 Å². The maximum absolute atomic E-state index is 14.0. The highest BCUT2D eigenvalue weighted by atomic mass is 19.1. The van der Waals surface area contributed by atoms with Crippen LogP contribution in [0.25, 0.3) is 5.65 Å². The average Bonchev–Trinajstić information content (AvgIpc) is 3.03. The van der Waals surface area contributed by atoms with E-state index in [0.29, 0.717) is 19.0 Å². The minimum Gasteiger partial charge on any atom is -0.353 e. The fourth-order valence-corrected chi connectivity index (χ4v) is 3.33. The first kappa shape index (κ1) is 17.4. The van der Waals surface area contributed by atoms with Gasteiger partial charge >= 0.3 is 0 Å². The zero-order valence-corrected chi connectivity index (χ0v) is 15.8. The van der Waals surface area contributed by atoms with Crippen LogP contribution in [0.4, 0.5) is 16.2 Å². The number of hydrogen-bond donors (Lipinski definition) is 1. The molecule has 142 valence electrons. The van der Waals surface area contributed by atoms with Crippen molar-refractivity contribution in [3.8, 4) is 0 Å². The minimum atomic E-state index is -0.795. The summed E-state index contributed by atoms with van der Waals surface area (Å²) in [5.74, 6) is 0.426. The van der Waals surface area contributed by atoms with Gasteiger partial charge in [0.25, 0.3) is 5.56 Å². The van der Waals surface area contributed by atoms with Gasteiger partial charge in [0.15, 0.2) is 5.65 Å². The molecule has 0 saturated carbocycles. The highest BCUT2D eigenvalue weighted by Crippen LogP contribution is 2.25. The van der Waals surface area contributed by atoms with Crippen molar-refractivity contribution in [1.29, 1.82) is 0 Å². The highest BCUT2D eigenvalue weighted by molar-refractivity contribution is 5.52. The van der Waals surface area contributed by atoms with Gasteiger partial charge in [-0.25, -0.2) is 9.97 Å². The van der Waals surface area contributed by atoms with Crippen LogP contribution in [-0.2, 0) is 0 Å². The number of rotatable bonds is 4. The largest absolute Gasteiger partial charge is 0.353 e. The van der Waals surface area contributed by atoms with Gasteiger partial charge < -0.3 is 9.80 Å². The predicted octanol–water partition coefficient (Wildman–Crippen LogP) is 1.71. The van der Waals surface area contributed by atoms with Crippen molar-refractivity contribution in [2.75, 3.05) is 29.9 Å². The van der Waals surface area contributed by atoms with Crippen LogP contribution >= 0.6 is 0 Å². The number of fused-ring (bicyclic) bond motifs is 1. The summed E-state index contributed by atoms with van der Waals surface area (Å²) in [4.78, 5) is 27.3. The second-order valence-corrected chi connectivity index (χ2v) is 7.27. The van der Waals surface area contributed by atoms with Gasteiger partial charge in [0.05, 0.1) is 17.9 Å². The first-order chi connectivity index (χ1) is 12.8. The Hall–Kier alpha value is -2.97. The molecule has 0 amide bonds. The number of aromatic nitrogens is 5. The van der Waals surface area contributed by atoms with Crippen LogP contribution in [0.5, 0.6) is 0 Å². The van der Waals surface area contributed by atoms with E-state index < -0.39 is 11.4 Å². The molecular formula is C18H22FN7O. The van der Waals surface area contributed by atoms with Gasteiger partial charge in [-0.3, -0.25) is 9.78 Å². The van der Waals surface area contributed by atoms with E-state index in [4.69, 9.17) is 0 Å². The van der Waals surface area contributed by atoms with Crippen LogP contribution in [0.3, 0.4) is 0 Å². The molecule has 1 fully saturated rings. The Balaban J connectivity index is 1.56. The lowest BCUT2D eigenvalue weighted by Crippen LogP contribution is -2.60. The van der Waals surface area contributed by atoms with Gasteiger partial charge in [-0.05, 0) is 12.8 Å². The lowest BCUT2D eigenvalue weighted by molar-refractivity contribution is 0.476. The Morgan fingerprint density at radius 2 is 2.07 bits per heavy atom. The van der Waals surface area contributed by atoms with Crippen molar-refractivity contribution in [2.45, 2.75) is 32.7 Å². The van der Waals surface area contributed by atoms with Crippen molar-refractivity contribution in [1.82, 2.24) is 24.6 Å². The second-order valence-electron chi connectivity index (χ2n) is 7.27. The van der Waals surface area contributed by atoms with E-state index in [1.54, 1.807) is 6.20 Å². The van der Waals surface area contributed by atoms with Gasteiger partial charge in [-0.15, -0.1) is 0 Å². The molecule has 0 radical (unpaired) electrons. The maximum atomic E-state index is 14.0. The van der Waals surface area contributed by atoms with Gasteiger partial charge in [0, 0.05) is 38.0 Å². The molecule has 0 atom stereocenters. The van der Waals surface area contributed by atoms with E-state index in [9.17, 15) is 9.18 Å². The molecule has 27 heavy (non-hydrogen) atoms. The van der Waals surface area contributed by atoms with E-state index in [1.165, 1.54) is 0 Å². The number of halogens is 1. The zero-order valence-electron chi connectivity index (χ0n) is 15.8. The summed E-state index contributed by atoms with van der Waals surface area (Å²) in [6.45, 7) is 6.95. The Labute approximate surface area is 155 Å². The number of aromatic amines is 1. The first-order valence-electron chi connectivity index (χ1n) is 8.94. The number of hydrogen-bond acceptors (Lipinski definition) is 6. The normalized spacial score (nSPS) is 14.8. The molecular weight excluding hydrogens is 349 g/mol. The van der Waals surface area contributed by atoms with Crippen LogP contribution in [0, 0.1) is 12.7 Å². The van der Waals surface area contributed by atoms with E-state index in [2.05, 4.69) is 25.0 Å². The van der Waals surface area contributed by atoms with E-state index in [1.807, 2.05) is 49.4 Å². The Kier molecular flexibility index (Phi) is 4.09. The molecule has 1 aliphatic rings. The van der Waals surface area contributed by atoms with Crippen LogP contribution in [0.15, 0.2) is 23.1 Å². The number of anilines is 2. The molecule has 1 N–H and O–H groups in total. The highest BCUT2D eigenvalue weighted by Gasteiger charge is 2.33. The quantitative estimate of drug-likeness (QED) is 0.752. The summed E-state index contributed by atoms with van der Waals surface area (Å²) in [6.07, 6.45) is 1.73. The van der Waals surface area contributed by atoms with Crippen LogP contribution in [0.2, 0.25) is 0 Å². The monoisotopic (exact) mass is 371 g/mol. The summed E-state index contributed by atoms with van der Waals surface area (Å²) in [5.41, 5.74) is 1.21. The fraction of sp³-hybridized carbons (Fsp3) is 0.444. The van der Waals surface area contributed by atoms with E-state index in [-0.39, 0.29) is 17.7 Å². The number of nitrogens with one attached hydrogen (secondary N) is 1. The first-order valence-corrected chi connectivity index (χ1v) is 8.94. The fourth-order valence-electron chi connectivity index (χ4n) is 3.33. The van der Waals surface area contributed by atoms with E-state index in [0.717, 1.165) is 17.2 Å². The SMILES string of the molecule is Cc1cc(N(C)C2CN(c3nc(C(C)C)c(F)c(=O)[nH]3)C2)n2nccc2n1. The molecule has 4 rings (SSSR count). The standard InChI is InChI=1S/C18H22FN7O/c1-10(2)16-15(19)17(27)23-18(22-16)25-8-12(9-25)24(4)14-7-11(3)21-13-5-6-20-26(13)14/h5-7,10,12H,8-9H2,1-4H3,(H,22,23,27). The second kappa shape index (κ2) is 6.33. The average molecular weight is 371 g/mol. The van der Waals surface area contributed by atoms with Crippen molar-refractivity contribution in [3.63, 3.8) is 0 Å². The predicted molar refractivity (Wildman–Crippen MR) is 101 cm³/mol. The van der Waals surface area contributed by atoms with Crippen LogP contribution in [0.1, 0.15) is 31.2 Å². The van der Waals surface area contributed by atoms with Gasteiger partial charge in [-0.1, -0.05) is 13.8 Å². The summed E-state index contributed by atoms with van der Waals surface area (Å²) < 4.78 is 15.8. The number of H-pyrrole nitrogens is 1. The molecule has 8 nitrogen and oxygen atoms in total. The Morgan fingerprint density at radius 1 is 1.33 bits per heavy atom. The third kappa shape index (κ3) is 2.92. The van der Waals surface area contributed by atoms with Crippen LogP contribution < -0.4 is 15.4 Å². The zero-order chi connectivity index (χ0) is 19.3. The molecule has 1 aliphatic heterocycles. The van der Waals surface area contributed by atoms with Crippen molar-refractivity contribution < 1.29 is 4.39 Å². The van der Waals surface area contributed by atoms with Gasteiger partial charge in [-0.2, -0.15) is 14.0 Å². The minimum absolute atomic E-state index is 0.154. The smallest absolute Gasteiger partial charge is 0.288 e. The molecule has 4 heterocycles. The van der Waals surface area contributed by atoms with E-state index >= 15 is 0 Å². The van der Waals surface area contributed by atoms with Gasteiger partial charge in [0.2, 0.25) is 11.8 Å². The molecule has 0 spiro atoms. The summed E-state index contributed by atoms with van der Waals surface area (Å²) in [6, 6.07) is 4.09. The summed E-state index contributed by atoms with van der Waals surface area (Å²) in [7, 11) is 2.01. The van der Waals surface area contributed by atoms with Crippen molar-refractivity contribution in [2.24, 2.45) is 0 Å². The van der Waals surface area contributed by atoms with Crippen molar-refractivity contribution in [3.05, 3.63) is 45.9 Å². The molecule has 3 aromatic heterocycles. The Morgan fingerprint density at radius 3 is 2.78 bits per heavy atom. The number of nitrogens with zero attached hydrogens (tertiary/aromatic N) is 6. The number of likely N-dealkylation sites (N-methyl/N-ethyl adjacent to an activating group) is 1. The summed E-state index contributed by atoms with van der Waals surface area (Å²) >= 11 is 0. The summed E-state index contributed by atoms with van der Waals surface area (Å²) in [5, 5.41) is 4.35. The molecule has 0 unspecified atom stereocenters.